The maximum atomic E-state index is 13.0. The standard InChI is InChI=1S/C9H12ClFN2O/c1-9(13,4-14)6-2-5(11)3-7(10)8(6)12/h2-3,14H,4,12-13H2,1H3. The lowest BCUT2D eigenvalue weighted by atomic mass is 9.92. The molecule has 0 aliphatic carbocycles. The number of nitrogens with two attached hydrogens (primary N) is 2. The Labute approximate surface area is 86.5 Å². The van der Waals surface area contributed by atoms with Gasteiger partial charge in [0.2, 0.25) is 0 Å². The second kappa shape index (κ2) is 3.73. The number of aliphatic hydroxyl groups excluding tert-OH is 1. The fourth-order valence-corrected chi connectivity index (χ4v) is 1.35. The number of aliphatic hydroxyl groups is 1. The summed E-state index contributed by atoms with van der Waals surface area (Å²) in [4.78, 5) is 0. The van der Waals surface area contributed by atoms with Gasteiger partial charge in [0.25, 0.3) is 0 Å². The van der Waals surface area contributed by atoms with E-state index >= 15 is 0 Å². The van der Waals surface area contributed by atoms with Crippen LogP contribution in [-0.2, 0) is 5.54 Å². The molecular formula is C9H12ClFN2O. The lowest BCUT2D eigenvalue weighted by Gasteiger charge is -2.24. The van der Waals surface area contributed by atoms with E-state index in [0.717, 1.165) is 6.07 Å². The van der Waals surface area contributed by atoms with Crippen molar-refractivity contribution in [2.24, 2.45) is 5.73 Å². The summed E-state index contributed by atoms with van der Waals surface area (Å²) in [6.07, 6.45) is 0. The first-order valence-corrected chi connectivity index (χ1v) is 4.41. The third-order valence-corrected chi connectivity index (χ3v) is 2.35. The largest absolute Gasteiger partial charge is 0.397 e. The highest BCUT2D eigenvalue weighted by Gasteiger charge is 2.24. The molecule has 0 saturated carbocycles. The maximum absolute atomic E-state index is 13.0. The van der Waals surface area contributed by atoms with Crippen LogP contribution in [-0.4, -0.2) is 11.7 Å². The van der Waals surface area contributed by atoms with Crippen LogP contribution in [0.3, 0.4) is 0 Å². The summed E-state index contributed by atoms with van der Waals surface area (Å²) in [5, 5.41) is 9.11. The van der Waals surface area contributed by atoms with E-state index in [1.807, 2.05) is 0 Å². The quantitative estimate of drug-likeness (QED) is 0.654. The molecule has 0 aliphatic rings. The van der Waals surface area contributed by atoms with Gasteiger partial charge in [-0.25, -0.2) is 4.39 Å². The van der Waals surface area contributed by atoms with E-state index in [4.69, 9.17) is 28.2 Å². The van der Waals surface area contributed by atoms with Crippen LogP contribution >= 0.6 is 11.6 Å². The second-order valence-electron chi connectivity index (χ2n) is 3.42. The van der Waals surface area contributed by atoms with Gasteiger partial charge in [-0.3, -0.25) is 0 Å². The topological polar surface area (TPSA) is 72.3 Å². The van der Waals surface area contributed by atoms with Gasteiger partial charge >= 0.3 is 0 Å². The van der Waals surface area contributed by atoms with Crippen LogP contribution < -0.4 is 11.5 Å². The molecule has 0 aliphatic heterocycles. The molecule has 5 N–H and O–H groups in total. The molecule has 0 spiro atoms. The fraction of sp³-hybridized carbons (Fsp3) is 0.333. The van der Waals surface area contributed by atoms with Crippen molar-refractivity contribution in [1.82, 2.24) is 0 Å². The smallest absolute Gasteiger partial charge is 0.125 e. The van der Waals surface area contributed by atoms with Crippen LogP contribution in [0.15, 0.2) is 12.1 Å². The Hall–Kier alpha value is -0.840. The predicted molar refractivity (Wildman–Crippen MR) is 54.4 cm³/mol. The highest BCUT2D eigenvalue weighted by molar-refractivity contribution is 6.33. The van der Waals surface area contributed by atoms with E-state index in [1.54, 1.807) is 6.92 Å². The number of halogens is 2. The number of benzene rings is 1. The van der Waals surface area contributed by atoms with Gasteiger partial charge in [-0.05, 0) is 19.1 Å². The van der Waals surface area contributed by atoms with Crippen molar-refractivity contribution in [1.29, 1.82) is 0 Å². The highest BCUT2D eigenvalue weighted by atomic mass is 35.5. The van der Waals surface area contributed by atoms with E-state index in [1.165, 1.54) is 6.07 Å². The number of anilines is 1. The van der Waals surface area contributed by atoms with Crippen LogP contribution in [0.25, 0.3) is 0 Å². The monoisotopic (exact) mass is 218 g/mol. The molecule has 3 nitrogen and oxygen atoms in total. The fourth-order valence-electron chi connectivity index (χ4n) is 1.14. The molecule has 0 bridgehead atoms. The van der Waals surface area contributed by atoms with Crippen molar-refractivity contribution < 1.29 is 9.50 Å². The van der Waals surface area contributed by atoms with Crippen molar-refractivity contribution in [2.75, 3.05) is 12.3 Å². The normalized spacial score (nSPS) is 15.2. The van der Waals surface area contributed by atoms with Gasteiger partial charge in [-0.2, -0.15) is 0 Å². The van der Waals surface area contributed by atoms with Crippen LogP contribution in [0.1, 0.15) is 12.5 Å². The molecule has 5 heteroatoms. The van der Waals surface area contributed by atoms with E-state index in [-0.39, 0.29) is 17.3 Å². The lowest BCUT2D eigenvalue weighted by molar-refractivity contribution is 0.210. The van der Waals surface area contributed by atoms with Crippen molar-refractivity contribution in [3.63, 3.8) is 0 Å². The number of rotatable bonds is 2. The molecule has 78 valence electrons. The first-order valence-electron chi connectivity index (χ1n) is 4.03. The molecule has 1 unspecified atom stereocenters. The Morgan fingerprint density at radius 2 is 2.14 bits per heavy atom. The number of hydrogen-bond acceptors (Lipinski definition) is 3. The SMILES string of the molecule is CC(N)(CO)c1cc(F)cc(Cl)c1N. The van der Waals surface area contributed by atoms with Crippen LogP contribution in [0.4, 0.5) is 10.1 Å². The van der Waals surface area contributed by atoms with Crippen molar-refractivity contribution in [3.05, 3.63) is 28.5 Å². The zero-order chi connectivity index (χ0) is 10.9. The third kappa shape index (κ3) is 1.97. The number of hydrogen-bond donors (Lipinski definition) is 3. The average molecular weight is 219 g/mol. The Morgan fingerprint density at radius 1 is 1.57 bits per heavy atom. The molecule has 1 atom stereocenters. The minimum atomic E-state index is -1.09. The lowest BCUT2D eigenvalue weighted by Crippen LogP contribution is -2.37. The van der Waals surface area contributed by atoms with Gasteiger partial charge in [0, 0.05) is 5.56 Å². The van der Waals surface area contributed by atoms with E-state index in [9.17, 15) is 4.39 Å². The van der Waals surface area contributed by atoms with Gasteiger partial charge in [0.05, 0.1) is 22.9 Å². The minimum Gasteiger partial charge on any atom is -0.397 e. The molecule has 0 heterocycles. The predicted octanol–water partition coefficient (Wildman–Crippen LogP) is 1.23. The summed E-state index contributed by atoms with van der Waals surface area (Å²) in [5.74, 6) is -0.524. The summed E-state index contributed by atoms with van der Waals surface area (Å²) in [6, 6.07) is 2.28. The van der Waals surface area contributed by atoms with Gasteiger partial charge < -0.3 is 16.6 Å². The Kier molecular flexibility index (Phi) is 2.99. The summed E-state index contributed by atoms with van der Waals surface area (Å²) in [7, 11) is 0. The van der Waals surface area contributed by atoms with Gasteiger partial charge in [-0.15, -0.1) is 0 Å². The Bertz CT molecular complexity index is 355. The van der Waals surface area contributed by atoms with E-state index < -0.39 is 11.4 Å². The molecular weight excluding hydrogens is 207 g/mol. The van der Waals surface area contributed by atoms with E-state index in [0.29, 0.717) is 5.56 Å². The summed E-state index contributed by atoms with van der Waals surface area (Å²) < 4.78 is 13.0. The van der Waals surface area contributed by atoms with Crippen LogP contribution in [0, 0.1) is 5.82 Å². The van der Waals surface area contributed by atoms with Gasteiger partial charge in [-0.1, -0.05) is 11.6 Å². The Morgan fingerprint density at radius 3 is 2.64 bits per heavy atom. The molecule has 14 heavy (non-hydrogen) atoms. The van der Waals surface area contributed by atoms with Crippen LogP contribution in [0.2, 0.25) is 5.02 Å². The van der Waals surface area contributed by atoms with Crippen molar-refractivity contribution in [3.8, 4) is 0 Å². The molecule has 1 aromatic carbocycles. The Balaban J connectivity index is 3.34. The average Bonchev–Trinajstić information content (AvgIpc) is 2.11. The molecule has 0 radical (unpaired) electrons. The zero-order valence-electron chi connectivity index (χ0n) is 7.72. The minimum absolute atomic E-state index is 0.102. The van der Waals surface area contributed by atoms with E-state index in [2.05, 4.69) is 0 Å². The molecule has 0 aromatic heterocycles. The molecule has 0 saturated heterocycles. The first kappa shape index (κ1) is 11.2. The van der Waals surface area contributed by atoms with Crippen molar-refractivity contribution >= 4 is 17.3 Å². The molecule has 1 aromatic rings. The number of nitrogen functional groups attached to an aromatic ring is 1. The first-order chi connectivity index (χ1) is 6.38. The molecule has 0 amide bonds. The summed E-state index contributed by atoms with van der Waals surface area (Å²) >= 11 is 5.68. The zero-order valence-corrected chi connectivity index (χ0v) is 8.48. The highest BCUT2D eigenvalue weighted by Crippen LogP contribution is 2.30. The van der Waals surface area contributed by atoms with Crippen molar-refractivity contribution in [2.45, 2.75) is 12.5 Å². The summed E-state index contributed by atoms with van der Waals surface area (Å²) in [5.41, 5.74) is 10.8. The molecule has 0 fully saturated rings. The molecule has 1 rings (SSSR count). The van der Waals surface area contributed by atoms with Gasteiger partial charge in [0.1, 0.15) is 5.82 Å². The third-order valence-electron chi connectivity index (χ3n) is 2.04. The van der Waals surface area contributed by atoms with Crippen LogP contribution in [0.5, 0.6) is 0 Å². The summed E-state index contributed by atoms with van der Waals surface area (Å²) in [6.45, 7) is 1.21. The second-order valence-corrected chi connectivity index (χ2v) is 3.83. The van der Waals surface area contributed by atoms with Gasteiger partial charge in [0.15, 0.2) is 0 Å². The maximum Gasteiger partial charge on any atom is 0.125 e.